The minimum atomic E-state index is -0.100. The Morgan fingerprint density at radius 2 is 2.23 bits per heavy atom. The summed E-state index contributed by atoms with van der Waals surface area (Å²) in [7, 11) is 0. The lowest BCUT2D eigenvalue weighted by Crippen LogP contribution is -2.18. The van der Waals surface area contributed by atoms with E-state index < -0.39 is 0 Å². The van der Waals surface area contributed by atoms with Crippen LogP contribution in [0.5, 0.6) is 0 Å². The normalized spacial score (nSPS) is 22.4. The van der Waals surface area contributed by atoms with Crippen LogP contribution in [-0.4, -0.2) is 5.60 Å². The zero-order valence-electron chi connectivity index (χ0n) is 8.71. The predicted octanol–water partition coefficient (Wildman–Crippen LogP) is 3.45. The molecule has 0 aromatic rings. The summed E-state index contributed by atoms with van der Waals surface area (Å²) >= 11 is 0. The Balaban J connectivity index is 2.53. The number of allylic oxidation sites excluding steroid dienone is 4. The van der Waals surface area contributed by atoms with Crippen LogP contribution in [0.25, 0.3) is 0 Å². The van der Waals surface area contributed by atoms with Gasteiger partial charge in [0.2, 0.25) is 0 Å². The van der Waals surface area contributed by atoms with E-state index in [9.17, 15) is 0 Å². The molecule has 1 nitrogen and oxygen atoms in total. The van der Waals surface area contributed by atoms with E-state index in [1.807, 2.05) is 12.2 Å². The van der Waals surface area contributed by atoms with Crippen LogP contribution in [0.1, 0.15) is 27.2 Å². The minimum Gasteiger partial charge on any atom is -0.489 e. The van der Waals surface area contributed by atoms with Gasteiger partial charge in [-0.15, -0.1) is 6.58 Å². The molecule has 0 saturated carbocycles. The van der Waals surface area contributed by atoms with Gasteiger partial charge in [-0.05, 0) is 45.3 Å². The zero-order chi connectivity index (χ0) is 9.90. The third-order valence-corrected chi connectivity index (χ3v) is 1.83. The van der Waals surface area contributed by atoms with Crippen LogP contribution >= 0.6 is 0 Å². The van der Waals surface area contributed by atoms with E-state index in [-0.39, 0.29) is 5.60 Å². The Hall–Kier alpha value is -0.980. The van der Waals surface area contributed by atoms with Crippen molar-refractivity contribution in [3.63, 3.8) is 0 Å². The molecule has 1 rings (SSSR count). The van der Waals surface area contributed by atoms with Crippen LogP contribution in [0.2, 0.25) is 0 Å². The third-order valence-electron chi connectivity index (χ3n) is 1.83. The van der Waals surface area contributed by atoms with Gasteiger partial charge in [0.05, 0.1) is 0 Å². The smallest absolute Gasteiger partial charge is 0.115 e. The quantitative estimate of drug-likeness (QED) is 0.588. The van der Waals surface area contributed by atoms with Crippen LogP contribution in [0.3, 0.4) is 0 Å². The number of hydrogen-bond acceptors (Lipinski definition) is 1. The first-order valence-corrected chi connectivity index (χ1v) is 4.71. The first-order chi connectivity index (χ1) is 6.01. The van der Waals surface area contributed by atoms with E-state index in [2.05, 4.69) is 39.5 Å². The van der Waals surface area contributed by atoms with Crippen molar-refractivity contribution in [2.24, 2.45) is 5.92 Å². The Kier molecular flexibility index (Phi) is 2.97. The van der Waals surface area contributed by atoms with Crippen molar-refractivity contribution >= 4 is 0 Å². The molecule has 0 radical (unpaired) electrons. The molecule has 0 aromatic carbocycles. The summed E-state index contributed by atoms with van der Waals surface area (Å²) in [6.07, 6.45) is 9.25. The summed E-state index contributed by atoms with van der Waals surface area (Å²) in [5, 5.41) is 0. The largest absolute Gasteiger partial charge is 0.489 e. The molecule has 72 valence electrons. The molecule has 0 aromatic heterocycles. The molecule has 0 spiro atoms. The Bertz CT molecular complexity index is 240. The maximum Gasteiger partial charge on any atom is 0.115 e. The van der Waals surface area contributed by atoms with Gasteiger partial charge in [-0.1, -0.05) is 12.2 Å². The molecule has 0 saturated heterocycles. The van der Waals surface area contributed by atoms with Gasteiger partial charge in [0.1, 0.15) is 11.4 Å². The Morgan fingerprint density at radius 1 is 1.54 bits per heavy atom. The molecular weight excluding hydrogens is 160 g/mol. The van der Waals surface area contributed by atoms with Gasteiger partial charge in [-0.2, -0.15) is 0 Å². The molecule has 0 aliphatic heterocycles. The van der Waals surface area contributed by atoms with Crippen molar-refractivity contribution in [1.82, 2.24) is 0 Å². The summed E-state index contributed by atoms with van der Waals surface area (Å²) < 4.78 is 5.71. The van der Waals surface area contributed by atoms with Gasteiger partial charge < -0.3 is 4.74 Å². The summed E-state index contributed by atoms with van der Waals surface area (Å²) in [6, 6.07) is 0. The summed E-state index contributed by atoms with van der Waals surface area (Å²) in [5.74, 6) is 1.46. The Labute approximate surface area is 80.8 Å². The van der Waals surface area contributed by atoms with Gasteiger partial charge in [-0.3, -0.25) is 0 Å². The highest BCUT2D eigenvalue weighted by molar-refractivity contribution is 5.21. The molecule has 1 unspecified atom stereocenters. The van der Waals surface area contributed by atoms with E-state index in [1.54, 1.807) is 0 Å². The highest BCUT2D eigenvalue weighted by Gasteiger charge is 2.14. The lowest BCUT2D eigenvalue weighted by atomic mass is 10.0. The van der Waals surface area contributed by atoms with Crippen molar-refractivity contribution < 1.29 is 4.74 Å². The monoisotopic (exact) mass is 178 g/mol. The van der Waals surface area contributed by atoms with Crippen molar-refractivity contribution in [1.29, 1.82) is 0 Å². The van der Waals surface area contributed by atoms with E-state index >= 15 is 0 Å². The van der Waals surface area contributed by atoms with Gasteiger partial charge >= 0.3 is 0 Å². The second-order valence-electron chi connectivity index (χ2n) is 4.32. The van der Waals surface area contributed by atoms with E-state index in [4.69, 9.17) is 4.74 Å². The maximum absolute atomic E-state index is 5.71. The number of hydrogen-bond donors (Lipinski definition) is 0. The lowest BCUT2D eigenvalue weighted by molar-refractivity contribution is 0.0586. The van der Waals surface area contributed by atoms with E-state index in [1.165, 1.54) is 0 Å². The molecule has 0 fully saturated rings. The molecule has 1 aliphatic carbocycles. The highest BCUT2D eigenvalue weighted by Crippen LogP contribution is 2.21. The first kappa shape index (κ1) is 10.1. The van der Waals surface area contributed by atoms with Crippen LogP contribution < -0.4 is 0 Å². The molecule has 0 bridgehead atoms. The predicted molar refractivity (Wildman–Crippen MR) is 56.4 cm³/mol. The summed E-state index contributed by atoms with van der Waals surface area (Å²) in [6.45, 7) is 9.93. The molecule has 0 amide bonds. The fourth-order valence-electron chi connectivity index (χ4n) is 1.22. The van der Waals surface area contributed by atoms with Gasteiger partial charge in [0.25, 0.3) is 0 Å². The summed E-state index contributed by atoms with van der Waals surface area (Å²) in [4.78, 5) is 0. The molecule has 13 heavy (non-hydrogen) atoms. The van der Waals surface area contributed by atoms with Crippen LogP contribution in [0.4, 0.5) is 0 Å². The van der Waals surface area contributed by atoms with Crippen molar-refractivity contribution in [3.05, 3.63) is 36.6 Å². The molecule has 0 heterocycles. The minimum absolute atomic E-state index is 0.100. The van der Waals surface area contributed by atoms with Crippen molar-refractivity contribution in [2.75, 3.05) is 0 Å². The molecule has 1 heteroatoms. The van der Waals surface area contributed by atoms with Crippen molar-refractivity contribution in [3.8, 4) is 0 Å². The highest BCUT2D eigenvalue weighted by atomic mass is 16.5. The average Bonchev–Trinajstić information content (AvgIpc) is 2.03. The standard InChI is InChI=1S/C12H18O/c1-5-10-6-8-11(9-7-10)13-12(2,3)4/h5-6,8-10H,1,7H2,2-4H3. The number of ether oxygens (including phenoxy) is 1. The number of rotatable bonds is 2. The zero-order valence-corrected chi connectivity index (χ0v) is 8.71. The Morgan fingerprint density at radius 3 is 2.62 bits per heavy atom. The van der Waals surface area contributed by atoms with Crippen LogP contribution in [0.15, 0.2) is 36.6 Å². The average molecular weight is 178 g/mol. The molecule has 0 N–H and O–H groups in total. The van der Waals surface area contributed by atoms with E-state index in [0.29, 0.717) is 5.92 Å². The fourth-order valence-corrected chi connectivity index (χ4v) is 1.22. The molecule has 1 aliphatic rings. The summed E-state index contributed by atoms with van der Waals surface area (Å²) in [5.41, 5.74) is -0.100. The maximum atomic E-state index is 5.71. The lowest BCUT2D eigenvalue weighted by Gasteiger charge is -2.24. The van der Waals surface area contributed by atoms with Crippen molar-refractivity contribution in [2.45, 2.75) is 32.8 Å². The van der Waals surface area contributed by atoms with Gasteiger partial charge in [0.15, 0.2) is 0 Å². The van der Waals surface area contributed by atoms with Gasteiger partial charge in [0, 0.05) is 0 Å². The van der Waals surface area contributed by atoms with E-state index in [0.717, 1.165) is 12.2 Å². The van der Waals surface area contributed by atoms with Gasteiger partial charge in [-0.25, -0.2) is 0 Å². The first-order valence-electron chi connectivity index (χ1n) is 4.71. The SMILES string of the molecule is C=CC1C=CC(OC(C)(C)C)=CC1. The second-order valence-corrected chi connectivity index (χ2v) is 4.32. The fraction of sp³-hybridized carbons (Fsp3) is 0.500. The molecule has 1 atom stereocenters. The second kappa shape index (κ2) is 3.82. The van der Waals surface area contributed by atoms with Crippen LogP contribution in [0, 0.1) is 5.92 Å². The third kappa shape index (κ3) is 3.49. The van der Waals surface area contributed by atoms with Crippen LogP contribution in [-0.2, 0) is 4.74 Å². The topological polar surface area (TPSA) is 9.23 Å². The molecular formula is C12H18O.